The molecular weight excluding hydrogens is 350 g/mol. The lowest BCUT2D eigenvalue weighted by Gasteiger charge is -2.16. The highest BCUT2D eigenvalue weighted by Gasteiger charge is 2.17. The Morgan fingerprint density at radius 3 is 2.25 bits per heavy atom. The number of amides is 2. The topological polar surface area (TPSA) is 71.1 Å². The summed E-state index contributed by atoms with van der Waals surface area (Å²) in [6, 6.07) is 21.8. The molecule has 1 aromatic heterocycles. The van der Waals surface area contributed by atoms with E-state index in [1.54, 1.807) is 48.8 Å². The normalized spacial score (nSPS) is 12.1. The molecule has 0 spiro atoms. The van der Waals surface area contributed by atoms with Crippen molar-refractivity contribution in [3.8, 4) is 0 Å². The Morgan fingerprint density at radius 2 is 1.61 bits per heavy atom. The highest BCUT2D eigenvalue weighted by molar-refractivity contribution is 6.05. The standard InChI is InChI=1S/C23H21N3O2/c1-17(19-10-4-2-5-11-19)25-23(28)21(15-18-9-8-14-24-16-18)26-22(27)20-12-6-3-7-13-20/h2-17H,1H3,(H,25,28)(H,26,27)/b21-15+. The van der Waals surface area contributed by atoms with E-state index < -0.39 is 0 Å². The first-order valence-electron chi connectivity index (χ1n) is 8.97. The lowest BCUT2D eigenvalue weighted by atomic mass is 10.1. The summed E-state index contributed by atoms with van der Waals surface area (Å²) in [5, 5.41) is 5.65. The second kappa shape index (κ2) is 9.28. The fraction of sp³-hybridized carbons (Fsp3) is 0.0870. The van der Waals surface area contributed by atoms with Crippen LogP contribution in [0.5, 0.6) is 0 Å². The third-order valence-electron chi connectivity index (χ3n) is 4.17. The summed E-state index contributed by atoms with van der Waals surface area (Å²) in [6.07, 6.45) is 4.89. The largest absolute Gasteiger partial charge is 0.344 e. The van der Waals surface area contributed by atoms with Crippen molar-refractivity contribution in [2.45, 2.75) is 13.0 Å². The molecule has 140 valence electrons. The van der Waals surface area contributed by atoms with Gasteiger partial charge in [-0.3, -0.25) is 14.6 Å². The lowest BCUT2D eigenvalue weighted by molar-refractivity contribution is -0.118. The van der Waals surface area contributed by atoms with Crippen molar-refractivity contribution < 1.29 is 9.59 Å². The van der Waals surface area contributed by atoms with Crippen LogP contribution < -0.4 is 10.6 Å². The SMILES string of the molecule is CC(NC(=O)/C(=C\c1cccnc1)NC(=O)c1ccccc1)c1ccccc1. The fourth-order valence-corrected chi connectivity index (χ4v) is 2.67. The minimum atomic E-state index is -0.371. The predicted octanol–water partition coefficient (Wildman–Crippen LogP) is 3.73. The Balaban J connectivity index is 1.82. The zero-order valence-corrected chi connectivity index (χ0v) is 15.5. The maximum absolute atomic E-state index is 12.9. The van der Waals surface area contributed by atoms with Crippen LogP contribution in [0.2, 0.25) is 0 Å². The van der Waals surface area contributed by atoms with E-state index in [1.807, 2.05) is 49.4 Å². The summed E-state index contributed by atoms with van der Waals surface area (Å²) in [4.78, 5) is 29.5. The number of carbonyl (C=O) groups is 2. The van der Waals surface area contributed by atoms with Crippen LogP contribution in [-0.4, -0.2) is 16.8 Å². The number of nitrogens with one attached hydrogen (secondary N) is 2. The van der Waals surface area contributed by atoms with Crippen LogP contribution >= 0.6 is 0 Å². The Kier molecular flexibility index (Phi) is 6.31. The summed E-state index contributed by atoms with van der Waals surface area (Å²) >= 11 is 0. The van der Waals surface area contributed by atoms with Gasteiger partial charge in [0.25, 0.3) is 11.8 Å². The van der Waals surface area contributed by atoms with Gasteiger partial charge >= 0.3 is 0 Å². The molecule has 28 heavy (non-hydrogen) atoms. The van der Waals surface area contributed by atoms with Crippen molar-refractivity contribution >= 4 is 17.9 Å². The second-order valence-corrected chi connectivity index (χ2v) is 6.27. The molecule has 5 heteroatoms. The van der Waals surface area contributed by atoms with Crippen molar-refractivity contribution in [3.63, 3.8) is 0 Å². The zero-order chi connectivity index (χ0) is 19.8. The molecule has 0 saturated carbocycles. The lowest BCUT2D eigenvalue weighted by Crippen LogP contribution is -2.36. The van der Waals surface area contributed by atoms with E-state index in [0.29, 0.717) is 11.1 Å². The van der Waals surface area contributed by atoms with Crippen molar-refractivity contribution in [1.29, 1.82) is 0 Å². The van der Waals surface area contributed by atoms with Gasteiger partial charge in [0, 0.05) is 18.0 Å². The Bertz CT molecular complexity index is 955. The number of pyridine rings is 1. The number of hydrogen-bond donors (Lipinski definition) is 2. The smallest absolute Gasteiger partial charge is 0.268 e. The minimum absolute atomic E-state index is 0.157. The van der Waals surface area contributed by atoms with Crippen LogP contribution in [0.25, 0.3) is 6.08 Å². The van der Waals surface area contributed by atoms with Crippen molar-refractivity contribution in [2.24, 2.45) is 0 Å². The van der Waals surface area contributed by atoms with Gasteiger partial charge in [-0.1, -0.05) is 54.6 Å². The molecule has 2 N–H and O–H groups in total. The van der Waals surface area contributed by atoms with Gasteiger partial charge in [-0.2, -0.15) is 0 Å². The number of rotatable bonds is 6. The summed E-state index contributed by atoms with van der Waals surface area (Å²) in [6.45, 7) is 1.90. The van der Waals surface area contributed by atoms with E-state index in [1.165, 1.54) is 0 Å². The molecule has 1 heterocycles. The van der Waals surface area contributed by atoms with E-state index in [2.05, 4.69) is 15.6 Å². The molecule has 0 aliphatic heterocycles. The molecule has 0 saturated heterocycles. The van der Waals surface area contributed by atoms with E-state index in [4.69, 9.17) is 0 Å². The highest BCUT2D eigenvalue weighted by atomic mass is 16.2. The predicted molar refractivity (Wildman–Crippen MR) is 109 cm³/mol. The first-order chi connectivity index (χ1) is 13.6. The first kappa shape index (κ1) is 19.0. The molecule has 3 rings (SSSR count). The minimum Gasteiger partial charge on any atom is -0.344 e. The Hall–Kier alpha value is -3.73. The van der Waals surface area contributed by atoms with Crippen molar-refractivity contribution in [3.05, 3.63) is 108 Å². The van der Waals surface area contributed by atoms with Gasteiger partial charge in [0.2, 0.25) is 0 Å². The molecular formula is C23H21N3O2. The van der Waals surface area contributed by atoms with Crippen LogP contribution in [0.4, 0.5) is 0 Å². The van der Waals surface area contributed by atoms with Crippen LogP contribution in [0, 0.1) is 0 Å². The number of aromatic nitrogens is 1. The van der Waals surface area contributed by atoms with E-state index in [0.717, 1.165) is 5.56 Å². The number of carbonyl (C=O) groups excluding carboxylic acids is 2. The van der Waals surface area contributed by atoms with E-state index in [-0.39, 0.29) is 23.6 Å². The highest BCUT2D eigenvalue weighted by Crippen LogP contribution is 2.13. The maximum atomic E-state index is 12.9. The number of benzene rings is 2. The maximum Gasteiger partial charge on any atom is 0.268 e. The molecule has 0 bridgehead atoms. The molecule has 0 aliphatic carbocycles. The summed E-state index contributed by atoms with van der Waals surface area (Å²) in [5.41, 5.74) is 2.33. The average Bonchev–Trinajstić information content (AvgIpc) is 2.75. The number of hydrogen-bond acceptors (Lipinski definition) is 3. The van der Waals surface area contributed by atoms with Gasteiger partial charge in [0.05, 0.1) is 6.04 Å². The third-order valence-corrected chi connectivity index (χ3v) is 4.17. The molecule has 0 aliphatic rings. The van der Waals surface area contributed by atoms with E-state index in [9.17, 15) is 9.59 Å². The zero-order valence-electron chi connectivity index (χ0n) is 15.5. The van der Waals surface area contributed by atoms with Gasteiger partial charge in [0.1, 0.15) is 5.70 Å². The van der Waals surface area contributed by atoms with Crippen LogP contribution in [0.3, 0.4) is 0 Å². The average molecular weight is 371 g/mol. The summed E-state index contributed by atoms with van der Waals surface area (Å²) in [5.74, 6) is -0.720. The van der Waals surface area contributed by atoms with Gasteiger partial charge in [-0.25, -0.2) is 0 Å². The summed E-state index contributed by atoms with van der Waals surface area (Å²) < 4.78 is 0. The molecule has 1 atom stereocenters. The fourth-order valence-electron chi connectivity index (χ4n) is 2.67. The molecule has 5 nitrogen and oxygen atoms in total. The quantitative estimate of drug-likeness (QED) is 0.649. The number of nitrogens with zero attached hydrogens (tertiary/aromatic N) is 1. The Morgan fingerprint density at radius 1 is 0.929 bits per heavy atom. The first-order valence-corrected chi connectivity index (χ1v) is 8.97. The van der Waals surface area contributed by atoms with Gasteiger partial charge in [-0.05, 0) is 42.3 Å². The summed E-state index contributed by atoms with van der Waals surface area (Å²) in [7, 11) is 0. The van der Waals surface area contributed by atoms with Crippen molar-refractivity contribution in [1.82, 2.24) is 15.6 Å². The molecule has 0 fully saturated rings. The van der Waals surface area contributed by atoms with Gasteiger partial charge < -0.3 is 10.6 Å². The molecule has 0 radical (unpaired) electrons. The third kappa shape index (κ3) is 5.14. The molecule has 2 amide bonds. The van der Waals surface area contributed by atoms with Crippen LogP contribution in [0.15, 0.2) is 90.9 Å². The second-order valence-electron chi connectivity index (χ2n) is 6.27. The van der Waals surface area contributed by atoms with E-state index >= 15 is 0 Å². The van der Waals surface area contributed by atoms with Gasteiger partial charge in [-0.15, -0.1) is 0 Å². The van der Waals surface area contributed by atoms with Crippen LogP contribution in [-0.2, 0) is 4.79 Å². The molecule has 3 aromatic rings. The van der Waals surface area contributed by atoms with Crippen LogP contribution in [0.1, 0.15) is 34.5 Å². The Labute approximate surface area is 164 Å². The van der Waals surface area contributed by atoms with Gasteiger partial charge in [0.15, 0.2) is 0 Å². The molecule has 1 unspecified atom stereocenters. The van der Waals surface area contributed by atoms with Crippen molar-refractivity contribution in [2.75, 3.05) is 0 Å². The monoisotopic (exact) mass is 371 g/mol. The molecule has 2 aromatic carbocycles.